The first-order chi connectivity index (χ1) is 46.0. The standard InChI is InChI=1S/C20H17N.C17H18.2C16H14.C13H13N.C8H6F4/c1-14-8-10-19-17(12-14)18-13-15(2)9-11-20(18)21(19)16-6-4-3-5-7-16;1-11-5-7-13-14-8-6-12(2)10-16(14)17(3,4)15(13)9-11;1-11-3-7-15-13(9-11)5-6-14-10-12(2)4-8-16(14)15;1-11-13-7-3-5-9-15(13)12(2)16-10-6-4-8-14(11)16;1-10-7-11(2)9-13(8-10)12-3-5-14-6-4-12;1-3-5(9)7(11)4(2)8(12)6(3)10/h3-13H,1-2H3;5-10H,1-4H3;2*3-10H,1-2H3;3-9H,1-2H3;1-2H3. The highest BCUT2D eigenvalue weighted by atomic mass is 19.2. The first kappa shape index (κ1) is 67.0. The number of pyridine rings is 1. The Balaban J connectivity index is 0.000000118. The zero-order chi connectivity index (χ0) is 68.3. The molecule has 0 bridgehead atoms. The maximum Gasteiger partial charge on any atom is 0.165 e. The molecule has 0 unspecified atom stereocenters. The van der Waals surface area contributed by atoms with Crippen LogP contribution in [-0.4, -0.2) is 9.55 Å². The van der Waals surface area contributed by atoms with Gasteiger partial charge in [-0.05, 0) is 219 Å². The summed E-state index contributed by atoms with van der Waals surface area (Å²) in [5.74, 6) is -5.31. The third-order valence-electron chi connectivity index (χ3n) is 18.6. The van der Waals surface area contributed by atoms with E-state index in [-0.39, 0.29) is 5.41 Å². The molecule has 1 aliphatic rings. The van der Waals surface area contributed by atoms with Crippen molar-refractivity contribution in [3.8, 4) is 27.9 Å². The Hall–Kier alpha value is -10.4. The van der Waals surface area contributed by atoms with Gasteiger partial charge >= 0.3 is 0 Å². The van der Waals surface area contributed by atoms with Crippen molar-refractivity contribution in [3.05, 3.63) is 344 Å². The monoisotopic (exact) mass is 1270 g/mol. The van der Waals surface area contributed by atoms with Crippen molar-refractivity contribution in [1.29, 1.82) is 0 Å². The average molecular weight is 1270 g/mol. The predicted molar refractivity (Wildman–Crippen MR) is 400 cm³/mol. The van der Waals surface area contributed by atoms with Crippen molar-refractivity contribution in [3.63, 3.8) is 0 Å². The second-order valence-corrected chi connectivity index (χ2v) is 26.4. The summed E-state index contributed by atoms with van der Waals surface area (Å²) in [5, 5.41) is 13.5. The Morgan fingerprint density at radius 2 is 0.635 bits per heavy atom. The molecule has 480 valence electrons. The molecular formula is C90H82F4N2. The quantitative estimate of drug-likeness (QED) is 0.0730. The summed E-state index contributed by atoms with van der Waals surface area (Å²) >= 11 is 0. The molecule has 0 saturated heterocycles. The van der Waals surface area contributed by atoms with E-state index in [2.05, 4.69) is 311 Å². The molecule has 0 amide bonds. The lowest BCUT2D eigenvalue weighted by atomic mass is 9.81. The van der Waals surface area contributed by atoms with Crippen LogP contribution >= 0.6 is 0 Å². The smallest absolute Gasteiger partial charge is 0.165 e. The van der Waals surface area contributed by atoms with Crippen LogP contribution in [0.15, 0.2) is 243 Å². The summed E-state index contributed by atoms with van der Waals surface area (Å²) in [6.45, 7) is 28.2. The zero-order valence-electron chi connectivity index (χ0n) is 57.5. The third kappa shape index (κ3) is 13.9. The van der Waals surface area contributed by atoms with Crippen molar-refractivity contribution >= 4 is 64.9 Å². The fourth-order valence-corrected chi connectivity index (χ4v) is 13.5. The van der Waals surface area contributed by atoms with Gasteiger partial charge in [0.25, 0.3) is 0 Å². The van der Waals surface area contributed by atoms with Crippen LogP contribution in [0.2, 0.25) is 0 Å². The molecule has 0 aliphatic heterocycles. The summed E-state index contributed by atoms with van der Waals surface area (Å²) < 4.78 is 53.0. The third-order valence-corrected chi connectivity index (χ3v) is 18.6. The minimum absolute atomic E-state index is 0.142. The molecule has 0 fully saturated rings. The van der Waals surface area contributed by atoms with E-state index >= 15 is 0 Å². The van der Waals surface area contributed by atoms with Crippen LogP contribution in [0, 0.1) is 106 Å². The fourth-order valence-electron chi connectivity index (χ4n) is 13.5. The number of para-hydroxylation sites is 1. The van der Waals surface area contributed by atoms with Crippen LogP contribution in [0.4, 0.5) is 17.6 Å². The van der Waals surface area contributed by atoms with Crippen molar-refractivity contribution in [1.82, 2.24) is 9.55 Å². The van der Waals surface area contributed by atoms with Gasteiger partial charge in [-0.3, -0.25) is 4.98 Å². The molecule has 1 aliphatic carbocycles. The molecule has 6 heteroatoms. The summed E-state index contributed by atoms with van der Waals surface area (Å²) in [6, 6.07) is 83.3. The number of hydrogen-bond acceptors (Lipinski definition) is 1. The van der Waals surface area contributed by atoms with Crippen LogP contribution < -0.4 is 0 Å². The number of rotatable bonds is 2. The maximum absolute atomic E-state index is 12.7. The molecule has 96 heavy (non-hydrogen) atoms. The van der Waals surface area contributed by atoms with Gasteiger partial charge in [-0.25, -0.2) is 17.6 Å². The van der Waals surface area contributed by atoms with Crippen LogP contribution in [0.3, 0.4) is 0 Å². The lowest BCUT2D eigenvalue weighted by Gasteiger charge is -2.22. The van der Waals surface area contributed by atoms with Gasteiger partial charge in [-0.15, -0.1) is 0 Å². The number of hydrogen-bond donors (Lipinski definition) is 0. The Morgan fingerprint density at radius 1 is 0.281 bits per heavy atom. The number of nitrogens with zero attached hydrogens (tertiary/aromatic N) is 2. The molecule has 2 heterocycles. The lowest BCUT2D eigenvalue weighted by Crippen LogP contribution is -2.15. The van der Waals surface area contributed by atoms with Gasteiger partial charge in [0.2, 0.25) is 0 Å². The Kier molecular flexibility index (Phi) is 19.7. The minimum atomic E-state index is -1.33. The van der Waals surface area contributed by atoms with E-state index in [1.807, 2.05) is 24.5 Å². The molecule has 0 N–H and O–H groups in total. The second-order valence-electron chi connectivity index (χ2n) is 26.4. The SMILES string of the molecule is Cc1c(F)c(F)c(C)c(F)c1F.Cc1c2ccccc2c(C)c2ccccc12.Cc1cc(C)cc(-c2ccncc2)c1.Cc1ccc2c(c1)C(C)(C)c1cc(C)ccc1-2.Cc1ccc2c(c1)c1cc(C)ccc1n2-c1ccccc1.Cc1ccc2c(ccc3cc(C)ccc32)c1. The van der Waals surface area contributed by atoms with Gasteiger partial charge in [0, 0.05) is 45.4 Å². The summed E-state index contributed by atoms with van der Waals surface area (Å²) in [7, 11) is 0. The zero-order valence-corrected chi connectivity index (χ0v) is 57.5. The average Bonchev–Trinajstić information content (AvgIpc) is 1.57. The highest BCUT2D eigenvalue weighted by Gasteiger charge is 2.35. The Labute approximate surface area is 563 Å². The predicted octanol–water partition coefficient (Wildman–Crippen LogP) is 25.5. The second kappa shape index (κ2) is 28.3. The first-order valence-corrected chi connectivity index (χ1v) is 32.8. The van der Waals surface area contributed by atoms with E-state index in [1.165, 1.54) is 160 Å². The van der Waals surface area contributed by atoms with Crippen LogP contribution in [0.1, 0.15) is 91.7 Å². The van der Waals surface area contributed by atoms with Crippen LogP contribution in [0.5, 0.6) is 0 Å². The topological polar surface area (TPSA) is 17.8 Å². The summed E-state index contributed by atoms with van der Waals surface area (Å²) in [6.07, 6.45) is 3.65. The molecule has 0 radical (unpaired) electrons. The highest BCUT2D eigenvalue weighted by Crippen LogP contribution is 2.49. The van der Waals surface area contributed by atoms with Gasteiger partial charge in [-0.1, -0.05) is 240 Å². The molecule has 2 aromatic heterocycles. The fraction of sp³-hybridized carbons (Fsp3) is 0.167. The van der Waals surface area contributed by atoms with Crippen LogP contribution in [-0.2, 0) is 5.41 Å². The lowest BCUT2D eigenvalue weighted by molar-refractivity contribution is 0.436. The summed E-state index contributed by atoms with van der Waals surface area (Å²) in [4.78, 5) is 4.02. The van der Waals surface area contributed by atoms with E-state index in [1.54, 1.807) is 0 Å². The Morgan fingerprint density at radius 3 is 1.04 bits per heavy atom. The van der Waals surface area contributed by atoms with Gasteiger partial charge in [0.1, 0.15) is 0 Å². The maximum atomic E-state index is 12.7. The van der Waals surface area contributed by atoms with Gasteiger partial charge in [0.05, 0.1) is 11.0 Å². The van der Waals surface area contributed by atoms with Crippen molar-refractivity contribution in [2.75, 3.05) is 0 Å². The number of aryl methyl sites for hydroxylation is 10. The van der Waals surface area contributed by atoms with Gasteiger partial charge in [0.15, 0.2) is 23.3 Å². The van der Waals surface area contributed by atoms with Gasteiger partial charge in [-0.2, -0.15) is 0 Å². The molecule has 0 atom stereocenters. The van der Waals surface area contributed by atoms with Crippen molar-refractivity contribution in [2.45, 2.75) is 102 Å². The first-order valence-electron chi connectivity index (χ1n) is 32.8. The number of aromatic nitrogens is 2. The molecule has 16 rings (SSSR count). The molecular weight excluding hydrogens is 1180 g/mol. The van der Waals surface area contributed by atoms with E-state index in [0.29, 0.717) is 0 Å². The normalized spacial score (nSPS) is 11.7. The van der Waals surface area contributed by atoms with E-state index < -0.39 is 34.4 Å². The largest absolute Gasteiger partial charge is 0.309 e. The Bertz CT molecular complexity index is 4970. The molecule has 0 saturated carbocycles. The molecule has 2 nitrogen and oxygen atoms in total. The number of halogens is 4. The molecule has 0 spiro atoms. The summed E-state index contributed by atoms with van der Waals surface area (Å²) in [5.41, 5.74) is 24.2. The minimum Gasteiger partial charge on any atom is -0.309 e. The van der Waals surface area contributed by atoms with Crippen molar-refractivity contribution in [2.24, 2.45) is 0 Å². The molecule has 13 aromatic carbocycles. The van der Waals surface area contributed by atoms with E-state index in [9.17, 15) is 17.6 Å². The highest BCUT2D eigenvalue weighted by molar-refractivity contribution is 6.10. The van der Waals surface area contributed by atoms with Crippen molar-refractivity contribution < 1.29 is 17.6 Å². The number of benzene rings is 13. The number of fused-ring (bicyclic) bond motifs is 11. The van der Waals surface area contributed by atoms with Gasteiger partial charge < -0.3 is 4.57 Å². The van der Waals surface area contributed by atoms with Crippen LogP contribution in [0.25, 0.3) is 92.8 Å². The van der Waals surface area contributed by atoms with E-state index in [4.69, 9.17) is 0 Å². The van der Waals surface area contributed by atoms with E-state index in [0.717, 1.165) is 13.8 Å². The molecule has 15 aromatic rings.